The molecule has 0 unspecified atom stereocenters. The highest BCUT2D eigenvalue weighted by atomic mass is 35.5. The molecule has 1 N–H and O–H groups in total. The lowest BCUT2D eigenvalue weighted by atomic mass is 10.1. The van der Waals surface area contributed by atoms with Gasteiger partial charge in [-0.05, 0) is 74.4 Å². The Morgan fingerprint density at radius 1 is 0.950 bits per heavy atom. The van der Waals surface area contributed by atoms with Crippen molar-refractivity contribution in [2.75, 3.05) is 24.5 Å². The van der Waals surface area contributed by atoms with Gasteiger partial charge in [-0.2, -0.15) is 0 Å². The average Bonchev–Trinajstić information content (AvgIpc) is 2.94. The number of halogens is 2. The van der Waals surface area contributed by atoms with E-state index in [0.29, 0.717) is 40.1 Å². The van der Waals surface area contributed by atoms with Crippen LogP contribution in [0.1, 0.15) is 31.4 Å². The fourth-order valence-electron chi connectivity index (χ4n) is 4.16. The van der Waals surface area contributed by atoms with Gasteiger partial charge in [-0.1, -0.05) is 53.9 Å². The van der Waals surface area contributed by atoms with E-state index in [1.807, 2.05) is 13.8 Å². The normalized spacial score (nSPS) is 11.9. The Kier molecular flexibility index (Phi) is 10.8. The molecule has 2 amide bonds. The minimum atomic E-state index is -4.18. The first-order valence-electron chi connectivity index (χ1n) is 12.8. The number of nitrogens with zero attached hydrogens (tertiary/aromatic N) is 2. The molecule has 0 aliphatic rings. The largest absolute Gasteiger partial charge is 0.494 e. The summed E-state index contributed by atoms with van der Waals surface area (Å²) >= 11 is 12.3. The number of likely N-dealkylation sites (N-methyl/N-ethyl adjacent to an activating group) is 1. The monoisotopic (exact) mass is 605 g/mol. The summed E-state index contributed by atoms with van der Waals surface area (Å²) in [5.41, 5.74) is 1.89. The van der Waals surface area contributed by atoms with E-state index in [4.69, 9.17) is 27.9 Å². The fraction of sp³-hybridized carbons (Fsp3) is 0.310. The lowest BCUT2D eigenvalue weighted by Gasteiger charge is -2.33. The number of benzene rings is 3. The van der Waals surface area contributed by atoms with Crippen molar-refractivity contribution in [3.8, 4) is 5.75 Å². The molecule has 0 aliphatic carbocycles. The Morgan fingerprint density at radius 3 is 2.15 bits per heavy atom. The molecule has 0 aromatic heterocycles. The van der Waals surface area contributed by atoms with Gasteiger partial charge < -0.3 is 15.0 Å². The number of rotatable bonds is 12. The fourth-order valence-corrected chi connectivity index (χ4v) is 5.90. The first-order valence-corrected chi connectivity index (χ1v) is 15.0. The summed E-state index contributed by atoms with van der Waals surface area (Å²) < 4.78 is 34.3. The molecule has 3 aromatic rings. The molecule has 0 heterocycles. The van der Waals surface area contributed by atoms with Crippen LogP contribution in [0.2, 0.25) is 10.0 Å². The SMILES string of the molecule is CCOc1ccc(S(=O)(=O)N(CC(=O)N(Cc2ccc(Cl)c(Cl)c2)[C@@H](CC)C(=O)NC)c2ccc(C)cc2)cc1. The van der Waals surface area contributed by atoms with E-state index < -0.39 is 28.5 Å². The van der Waals surface area contributed by atoms with E-state index >= 15 is 0 Å². The van der Waals surface area contributed by atoms with Crippen LogP contribution in [-0.2, 0) is 26.2 Å². The lowest BCUT2D eigenvalue weighted by Crippen LogP contribution is -2.51. The van der Waals surface area contributed by atoms with Crippen molar-refractivity contribution in [2.45, 2.75) is 44.7 Å². The molecule has 1 atom stereocenters. The van der Waals surface area contributed by atoms with Gasteiger partial charge in [0, 0.05) is 13.6 Å². The summed E-state index contributed by atoms with van der Waals surface area (Å²) in [5, 5.41) is 3.26. The summed E-state index contributed by atoms with van der Waals surface area (Å²) in [6.45, 7) is 5.42. The average molecular weight is 607 g/mol. The number of amides is 2. The summed E-state index contributed by atoms with van der Waals surface area (Å²) in [5.74, 6) is -0.396. The highest BCUT2D eigenvalue weighted by Gasteiger charge is 2.33. The molecule has 0 aliphatic heterocycles. The molecule has 0 spiro atoms. The maximum absolute atomic E-state index is 13.9. The number of hydrogen-bond acceptors (Lipinski definition) is 5. The van der Waals surface area contributed by atoms with Crippen LogP contribution < -0.4 is 14.4 Å². The molecule has 11 heteroatoms. The third-order valence-electron chi connectivity index (χ3n) is 6.29. The van der Waals surface area contributed by atoms with Crippen molar-refractivity contribution in [1.82, 2.24) is 10.2 Å². The third kappa shape index (κ3) is 7.47. The molecule has 0 saturated heterocycles. The molecule has 0 radical (unpaired) electrons. The summed E-state index contributed by atoms with van der Waals surface area (Å²) in [7, 11) is -2.69. The van der Waals surface area contributed by atoms with Crippen LogP contribution in [0.5, 0.6) is 5.75 Å². The highest BCUT2D eigenvalue weighted by Crippen LogP contribution is 2.27. The number of hydrogen-bond donors (Lipinski definition) is 1. The second kappa shape index (κ2) is 13.9. The Labute approximate surface area is 245 Å². The van der Waals surface area contributed by atoms with E-state index in [1.54, 1.807) is 61.5 Å². The molecular weight excluding hydrogens is 573 g/mol. The van der Waals surface area contributed by atoms with E-state index in [9.17, 15) is 18.0 Å². The minimum absolute atomic E-state index is 0.00120. The van der Waals surface area contributed by atoms with Crippen LogP contribution in [0.25, 0.3) is 0 Å². The molecule has 3 aromatic carbocycles. The summed E-state index contributed by atoms with van der Waals surface area (Å²) in [4.78, 5) is 28.1. The summed E-state index contributed by atoms with van der Waals surface area (Å²) in [6.07, 6.45) is 0.308. The number of aryl methyl sites for hydroxylation is 1. The number of carbonyl (C=O) groups excluding carboxylic acids is 2. The zero-order valence-corrected chi connectivity index (χ0v) is 25.2. The van der Waals surface area contributed by atoms with E-state index in [2.05, 4.69) is 5.32 Å². The van der Waals surface area contributed by atoms with Gasteiger partial charge in [0.25, 0.3) is 10.0 Å². The van der Waals surface area contributed by atoms with Crippen LogP contribution in [0.15, 0.2) is 71.6 Å². The topological polar surface area (TPSA) is 96.0 Å². The Hall–Kier alpha value is -3.27. The molecule has 40 heavy (non-hydrogen) atoms. The van der Waals surface area contributed by atoms with Crippen LogP contribution >= 0.6 is 23.2 Å². The third-order valence-corrected chi connectivity index (χ3v) is 8.82. The van der Waals surface area contributed by atoms with Crippen molar-refractivity contribution in [1.29, 1.82) is 0 Å². The smallest absolute Gasteiger partial charge is 0.264 e. The van der Waals surface area contributed by atoms with Crippen LogP contribution in [0.3, 0.4) is 0 Å². The van der Waals surface area contributed by atoms with Gasteiger partial charge >= 0.3 is 0 Å². The zero-order chi connectivity index (χ0) is 29.4. The number of nitrogens with one attached hydrogen (secondary N) is 1. The van der Waals surface area contributed by atoms with Gasteiger partial charge in [0.2, 0.25) is 11.8 Å². The quantitative estimate of drug-likeness (QED) is 0.296. The summed E-state index contributed by atoms with van der Waals surface area (Å²) in [6, 6.07) is 17.0. The number of sulfonamides is 1. The molecule has 0 saturated carbocycles. The van der Waals surface area contributed by atoms with Gasteiger partial charge in [0.1, 0.15) is 18.3 Å². The molecule has 8 nitrogen and oxygen atoms in total. The van der Waals surface area contributed by atoms with Crippen molar-refractivity contribution in [2.24, 2.45) is 0 Å². The molecule has 0 fully saturated rings. The van der Waals surface area contributed by atoms with Crippen LogP contribution in [-0.4, -0.2) is 51.4 Å². The van der Waals surface area contributed by atoms with Gasteiger partial charge in [0.05, 0.1) is 27.2 Å². The Balaban J connectivity index is 2.05. The maximum Gasteiger partial charge on any atom is 0.264 e. The van der Waals surface area contributed by atoms with Gasteiger partial charge in [0.15, 0.2) is 0 Å². The lowest BCUT2D eigenvalue weighted by molar-refractivity contribution is -0.140. The van der Waals surface area contributed by atoms with Crippen molar-refractivity contribution in [3.63, 3.8) is 0 Å². The number of anilines is 1. The molecule has 3 rings (SSSR count). The van der Waals surface area contributed by atoms with Crippen LogP contribution in [0, 0.1) is 6.92 Å². The minimum Gasteiger partial charge on any atom is -0.494 e. The van der Waals surface area contributed by atoms with Crippen LogP contribution in [0.4, 0.5) is 5.69 Å². The standard InChI is InChI=1S/C29H33Cl2N3O5S/c1-5-27(29(36)32-4)33(18-21-9-16-25(30)26(31)17-21)28(35)19-34(22-10-7-20(3)8-11-22)40(37,38)24-14-12-23(13-15-24)39-6-2/h7-17,27H,5-6,18-19H2,1-4H3,(H,32,36)/t27-/m0/s1. The van der Waals surface area contributed by atoms with Gasteiger partial charge in [-0.15, -0.1) is 0 Å². The Bertz CT molecular complexity index is 1430. The van der Waals surface area contributed by atoms with Crippen molar-refractivity contribution < 1.29 is 22.7 Å². The number of ether oxygens (including phenoxy) is 1. The van der Waals surface area contributed by atoms with Gasteiger partial charge in [-0.3, -0.25) is 13.9 Å². The van der Waals surface area contributed by atoms with Crippen molar-refractivity contribution >= 4 is 50.7 Å². The molecular formula is C29H33Cl2N3O5S. The second-order valence-electron chi connectivity index (χ2n) is 9.06. The predicted octanol–water partition coefficient (Wildman–Crippen LogP) is 5.45. The predicted molar refractivity (Wildman–Crippen MR) is 158 cm³/mol. The molecule has 214 valence electrons. The van der Waals surface area contributed by atoms with E-state index in [0.717, 1.165) is 9.87 Å². The number of carbonyl (C=O) groups is 2. The zero-order valence-electron chi connectivity index (χ0n) is 22.9. The van der Waals surface area contributed by atoms with E-state index in [1.165, 1.54) is 24.1 Å². The van der Waals surface area contributed by atoms with Gasteiger partial charge in [-0.25, -0.2) is 8.42 Å². The second-order valence-corrected chi connectivity index (χ2v) is 11.7. The van der Waals surface area contributed by atoms with Crippen molar-refractivity contribution in [3.05, 3.63) is 87.9 Å². The van der Waals surface area contributed by atoms with E-state index in [-0.39, 0.29) is 17.3 Å². The molecule has 0 bridgehead atoms. The first-order chi connectivity index (χ1) is 19.0. The highest BCUT2D eigenvalue weighted by molar-refractivity contribution is 7.92. The maximum atomic E-state index is 13.9. The first kappa shape index (κ1) is 31.3. The Morgan fingerprint density at radius 2 is 1.60 bits per heavy atom.